The van der Waals surface area contributed by atoms with Crippen LogP contribution in [0.3, 0.4) is 0 Å². The minimum absolute atomic E-state index is 0.108. The molecule has 1 unspecified atom stereocenters. The predicted octanol–water partition coefficient (Wildman–Crippen LogP) is 1.88. The van der Waals surface area contributed by atoms with Crippen molar-refractivity contribution in [2.24, 2.45) is 0 Å². The molecule has 6 heteroatoms. The molecule has 0 aromatic heterocycles. The molecule has 0 N–H and O–H groups in total. The van der Waals surface area contributed by atoms with Crippen LogP contribution in [-0.4, -0.2) is 38.8 Å². The lowest BCUT2D eigenvalue weighted by Gasteiger charge is -2.35. The normalized spacial score (nSPS) is 22.8. The maximum atomic E-state index is 11.5. The van der Waals surface area contributed by atoms with Crippen molar-refractivity contribution in [3.63, 3.8) is 0 Å². The SMILES string of the molecule is CC1CS(=O)(=O)CCN1c1ccc(Br)cc1C=O. The maximum Gasteiger partial charge on any atom is 0.154 e. The van der Waals surface area contributed by atoms with Gasteiger partial charge in [0.15, 0.2) is 16.1 Å². The van der Waals surface area contributed by atoms with E-state index in [1.165, 1.54) is 0 Å². The first-order valence-electron chi connectivity index (χ1n) is 5.65. The van der Waals surface area contributed by atoms with Crippen LogP contribution in [0.15, 0.2) is 22.7 Å². The summed E-state index contributed by atoms with van der Waals surface area (Å²) in [5.41, 5.74) is 1.38. The first-order chi connectivity index (χ1) is 8.43. The van der Waals surface area contributed by atoms with E-state index in [4.69, 9.17) is 0 Å². The molecule has 1 atom stereocenters. The number of rotatable bonds is 2. The molecule has 98 valence electrons. The molecule has 0 aliphatic carbocycles. The average molecular weight is 332 g/mol. The van der Waals surface area contributed by atoms with Crippen LogP contribution in [0, 0.1) is 0 Å². The molecule has 1 saturated heterocycles. The van der Waals surface area contributed by atoms with Gasteiger partial charge in [0.1, 0.15) is 0 Å². The highest BCUT2D eigenvalue weighted by molar-refractivity contribution is 9.10. The Labute approximate surface area is 115 Å². The summed E-state index contributed by atoms with van der Waals surface area (Å²) in [4.78, 5) is 13.1. The van der Waals surface area contributed by atoms with Gasteiger partial charge in [-0.25, -0.2) is 8.42 Å². The summed E-state index contributed by atoms with van der Waals surface area (Å²) < 4.78 is 23.9. The highest BCUT2D eigenvalue weighted by Gasteiger charge is 2.29. The molecular weight excluding hydrogens is 318 g/mol. The van der Waals surface area contributed by atoms with Gasteiger partial charge in [-0.3, -0.25) is 4.79 Å². The van der Waals surface area contributed by atoms with Crippen molar-refractivity contribution in [1.29, 1.82) is 0 Å². The standard InChI is InChI=1S/C12H14BrNO3S/c1-9-8-18(16,17)5-4-14(9)12-3-2-11(13)6-10(12)7-15/h2-3,6-7,9H,4-5,8H2,1H3. The zero-order chi connectivity index (χ0) is 13.3. The summed E-state index contributed by atoms with van der Waals surface area (Å²) in [6, 6.07) is 5.35. The Morgan fingerprint density at radius 2 is 2.17 bits per heavy atom. The minimum atomic E-state index is -2.94. The van der Waals surface area contributed by atoms with Crippen LogP contribution in [0.4, 0.5) is 5.69 Å². The smallest absolute Gasteiger partial charge is 0.154 e. The first kappa shape index (κ1) is 13.5. The Balaban J connectivity index is 2.35. The lowest BCUT2D eigenvalue weighted by atomic mass is 10.1. The van der Waals surface area contributed by atoms with E-state index in [0.29, 0.717) is 12.1 Å². The number of halogens is 1. The number of carbonyl (C=O) groups is 1. The van der Waals surface area contributed by atoms with E-state index in [2.05, 4.69) is 15.9 Å². The van der Waals surface area contributed by atoms with E-state index in [1.807, 2.05) is 24.0 Å². The lowest BCUT2D eigenvalue weighted by molar-refractivity contribution is 0.112. The van der Waals surface area contributed by atoms with Gasteiger partial charge in [0.2, 0.25) is 0 Å². The second-order valence-electron chi connectivity index (χ2n) is 4.48. The molecule has 2 rings (SSSR count). The summed E-state index contributed by atoms with van der Waals surface area (Å²) in [5.74, 6) is 0.285. The van der Waals surface area contributed by atoms with Crippen molar-refractivity contribution < 1.29 is 13.2 Å². The molecule has 1 aromatic carbocycles. The largest absolute Gasteiger partial charge is 0.366 e. The molecule has 1 fully saturated rings. The number of aldehydes is 1. The highest BCUT2D eigenvalue weighted by atomic mass is 79.9. The molecule has 0 spiro atoms. The fourth-order valence-electron chi connectivity index (χ4n) is 2.24. The van der Waals surface area contributed by atoms with Crippen molar-refractivity contribution in [2.45, 2.75) is 13.0 Å². The van der Waals surface area contributed by atoms with Crippen LogP contribution >= 0.6 is 15.9 Å². The number of sulfone groups is 1. The molecule has 1 aromatic rings. The fraction of sp³-hybridized carbons (Fsp3) is 0.417. The van der Waals surface area contributed by atoms with Crippen molar-refractivity contribution in [3.8, 4) is 0 Å². The third-order valence-corrected chi connectivity index (χ3v) is 5.38. The molecule has 0 amide bonds. The van der Waals surface area contributed by atoms with Crippen LogP contribution in [0.1, 0.15) is 17.3 Å². The summed E-state index contributed by atoms with van der Waals surface area (Å²) in [7, 11) is -2.94. The van der Waals surface area contributed by atoms with E-state index in [9.17, 15) is 13.2 Å². The molecular formula is C12H14BrNO3S. The fourth-order valence-corrected chi connectivity index (χ4v) is 4.17. The van der Waals surface area contributed by atoms with Crippen molar-refractivity contribution in [3.05, 3.63) is 28.2 Å². The number of hydrogen-bond donors (Lipinski definition) is 0. The summed E-state index contributed by atoms with van der Waals surface area (Å²) in [6.07, 6.45) is 0.802. The van der Waals surface area contributed by atoms with Gasteiger partial charge >= 0.3 is 0 Å². The molecule has 0 radical (unpaired) electrons. The Kier molecular flexibility index (Phi) is 3.77. The van der Waals surface area contributed by atoms with Crippen LogP contribution in [0.5, 0.6) is 0 Å². The molecule has 1 heterocycles. The van der Waals surface area contributed by atoms with Crippen LogP contribution in [-0.2, 0) is 9.84 Å². The monoisotopic (exact) mass is 331 g/mol. The van der Waals surface area contributed by atoms with E-state index < -0.39 is 9.84 Å². The molecule has 0 saturated carbocycles. The molecule has 0 bridgehead atoms. The molecule has 4 nitrogen and oxygen atoms in total. The Morgan fingerprint density at radius 3 is 2.78 bits per heavy atom. The zero-order valence-corrected chi connectivity index (χ0v) is 12.4. The van der Waals surface area contributed by atoms with Gasteiger partial charge in [-0.05, 0) is 25.1 Å². The van der Waals surface area contributed by atoms with E-state index in [1.54, 1.807) is 6.07 Å². The van der Waals surface area contributed by atoms with Crippen molar-refractivity contribution >= 4 is 37.7 Å². The number of hydrogen-bond acceptors (Lipinski definition) is 4. The predicted molar refractivity (Wildman–Crippen MR) is 75.0 cm³/mol. The first-order valence-corrected chi connectivity index (χ1v) is 8.26. The van der Waals surface area contributed by atoms with E-state index >= 15 is 0 Å². The van der Waals surface area contributed by atoms with Gasteiger partial charge in [0.05, 0.1) is 11.5 Å². The zero-order valence-electron chi connectivity index (χ0n) is 9.97. The quantitative estimate of drug-likeness (QED) is 0.776. The number of carbonyl (C=O) groups excluding carboxylic acids is 1. The van der Waals surface area contributed by atoms with Gasteiger partial charge in [0.25, 0.3) is 0 Å². The van der Waals surface area contributed by atoms with E-state index in [-0.39, 0.29) is 17.5 Å². The Morgan fingerprint density at radius 1 is 1.44 bits per heavy atom. The van der Waals surface area contributed by atoms with Crippen LogP contribution in [0.25, 0.3) is 0 Å². The van der Waals surface area contributed by atoms with Crippen LogP contribution < -0.4 is 4.90 Å². The third kappa shape index (κ3) is 2.75. The topological polar surface area (TPSA) is 54.5 Å². The van der Waals surface area contributed by atoms with Gasteiger partial charge in [-0.2, -0.15) is 0 Å². The van der Waals surface area contributed by atoms with Gasteiger partial charge < -0.3 is 4.90 Å². The number of anilines is 1. The third-order valence-electron chi connectivity index (χ3n) is 3.10. The highest BCUT2D eigenvalue weighted by Crippen LogP contribution is 2.27. The van der Waals surface area contributed by atoms with Crippen LogP contribution in [0.2, 0.25) is 0 Å². The summed E-state index contributed by atoms with van der Waals surface area (Å²) in [6.45, 7) is 2.30. The van der Waals surface area contributed by atoms with Gasteiger partial charge in [-0.1, -0.05) is 15.9 Å². The summed E-state index contributed by atoms with van der Waals surface area (Å²) in [5, 5.41) is 0. The molecule has 1 aliphatic heterocycles. The second-order valence-corrected chi connectivity index (χ2v) is 7.62. The van der Waals surface area contributed by atoms with Crippen molar-refractivity contribution in [1.82, 2.24) is 0 Å². The number of nitrogens with zero attached hydrogens (tertiary/aromatic N) is 1. The van der Waals surface area contributed by atoms with Crippen molar-refractivity contribution in [2.75, 3.05) is 23.0 Å². The molecule has 1 aliphatic rings. The maximum absolute atomic E-state index is 11.5. The Bertz CT molecular complexity index is 571. The average Bonchev–Trinajstić information content (AvgIpc) is 2.29. The van der Waals surface area contributed by atoms with E-state index in [0.717, 1.165) is 16.4 Å². The number of benzene rings is 1. The second kappa shape index (κ2) is 5.01. The minimum Gasteiger partial charge on any atom is -0.366 e. The Hall–Kier alpha value is -0.880. The molecule has 18 heavy (non-hydrogen) atoms. The van der Waals surface area contributed by atoms with Gasteiger partial charge in [-0.15, -0.1) is 0 Å². The van der Waals surface area contributed by atoms with Gasteiger partial charge in [0, 0.05) is 28.3 Å². The summed E-state index contributed by atoms with van der Waals surface area (Å²) >= 11 is 3.32. The lowest BCUT2D eigenvalue weighted by Crippen LogP contribution is -2.47.